The van der Waals surface area contributed by atoms with Crippen LogP contribution in [0.5, 0.6) is 0 Å². The molecule has 2 rings (SSSR count). The lowest BCUT2D eigenvalue weighted by Gasteiger charge is -2.26. The third kappa shape index (κ3) is 3.69. The Labute approximate surface area is 115 Å². The van der Waals surface area contributed by atoms with Gasteiger partial charge in [0.25, 0.3) is 5.91 Å². The van der Waals surface area contributed by atoms with E-state index in [4.69, 9.17) is 0 Å². The average molecular weight is 261 g/mol. The molecular formula is C15H23N3O. The van der Waals surface area contributed by atoms with Gasteiger partial charge in [0.2, 0.25) is 0 Å². The monoisotopic (exact) mass is 261 g/mol. The van der Waals surface area contributed by atoms with Crippen LogP contribution in [0.1, 0.15) is 49.9 Å². The largest absolute Gasteiger partial charge is 0.381 e. The van der Waals surface area contributed by atoms with Gasteiger partial charge in [-0.15, -0.1) is 0 Å². The fourth-order valence-electron chi connectivity index (χ4n) is 2.30. The van der Waals surface area contributed by atoms with Crippen LogP contribution in [-0.4, -0.2) is 34.9 Å². The zero-order valence-corrected chi connectivity index (χ0v) is 11.9. The molecule has 1 saturated heterocycles. The normalized spacial score (nSPS) is 17.1. The molecule has 0 saturated carbocycles. The number of hydrogen-bond acceptors (Lipinski definition) is 3. The van der Waals surface area contributed by atoms with E-state index in [1.807, 2.05) is 11.0 Å². The fourth-order valence-corrected chi connectivity index (χ4v) is 2.30. The molecular weight excluding hydrogens is 238 g/mol. The Morgan fingerprint density at radius 2 is 2.11 bits per heavy atom. The third-order valence-electron chi connectivity index (χ3n) is 3.65. The third-order valence-corrected chi connectivity index (χ3v) is 3.65. The van der Waals surface area contributed by atoms with Gasteiger partial charge in [0.15, 0.2) is 0 Å². The Balaban J connectivity index is 2.06. The summed E-state index contributed by atoms with van der Waals surface area (Å²) in [6, 6.07) is 2.30. The number of nitrogens with zero attached hydrogens (tertiary/aromatic N) is 2. The number of piperidine rings is 1. The molecule has 0 spiro atoms. The second-order valence-corrected chi connectivity index (χ2v) is 5.27. The van der Waals surface area contributed by atoms with Gasteiger partial charge >= 0.3 is 0 Å². The van der Waals surface area contributed by atoms with Gasteiger partial charge in [0.1, 0.15) is 0 Å². The predicted molar refractivity (Wildman–Crippen MR) is 77.4 cm³/mol. The number of hydrogen-bond donors (Lipinski definition) is 1. The van der Waals surface area contributed by atoms with Crippen LogP contribution in [0.15, 0.2) is 18.5 Å². The molecule has 1 atom stereocenters. The van der Waals surface area contributed by atoms with Crippen LogP contribution >= 0.6 is 0 Å². The number of aromatic nitrogens is 1. The van der Waals surface area contributed by atoms with Crippen LogP contribution in [0, 0.1) is 0 Å². The Kier molecular flexibility index (Phi) is 4.77. The van der Waals surface area contributed by atoms with Crippen molar-refractivity contribution in [3.05, 3.63) is 24.0 Å². The van der Waals surface area contributed by atoms with Crippen molar-refractivity contribution in [2.45, 2.75) is 45.6 Å². The molecule has 0 bridgehead atoms. The summed E-state index contributed by atoms with van der Waals surface area (Å²) in [5.74, 6) is 0.111. The van der Waals surface area contributed by atoms with Gasteiger partial charge in [-0.2, -0.15) is 0 Å². The molecule has 1 unspecified atom stereocenters. The second kappa shape index (κ2) is 6.55. The number of carbonyl (C=O) groups excluding carboxylic acids is 1. The summed E-state index contributed by atoms with van der Waals surface area (Å²) in [4.78, 5) is 18.5. The Bertz CT molecular complexity index is 427. The first-order valence-corrected chi connectivity index (χ1v) is 7.21. The lowest BCUT2D eigenvalue weighted by molar-refractivity contribution is 0.0724. The molecule has 0 aliphatic carbocycles. The first kappa shape index (κ1) is 13.8. The van der Waals surface area contributed by atoms with E-state index < -0.39 is 0 Å². The van der Waals surface area contributed by atoms with E-state index >= 15 is 0 Å². The maximum Gasteiger partial charge on any atom is 0.255 e. The smallest absolute Gasteiger partial charge is 0.255 e. The van der Waals surface area contributed by atoms with Crippen molar-refractivity contribution < 1.29 is 4.79 Å². The van der Waals surface area contributed by atoms with Crippen LogP contribution in [-0.2, 0) is 0 Å². The average Bonchev–Trinajstić information content (AvgIpc) is 2.47. The molecule has 0 radical (unpaired) electrons. The molecule has 2 heterocycles. The van der Waals surface area contributed by atoms with Crippen LogP contribution in [0.4, 0.5) is 5.69 Å². The summed E-state index contributed by atoms with van der Waals surface area (Å²) >= 11 is 0. The Morgan fingerprint density at radius 3 is 2.79 bits per heavy atom. The van der Waals surface area contributed by atoms with Gasteiger partial charge < -0.3 is 10.2 Å². The SMILES string of the molecule is CCC(C)Nc1cncc(C(=O)N2CCCCC2)c1. The summed E-state index contributed by atoms with van der Waals surface area (Å²) < 4.78 is 0. The van der Waals surface area contributed by atoms with Crippen molar-refractivity contribution >= 4 is 11.6 Å². The van der Waals surface area contributed by atoms with Crippen LogP contribution in [0.3, 0.4) is 0 Å². The molecule has 1 aromatic heterocycles. The standard InChI is InChI=1S/C15H23N3O/c1-3-12(2)17-14-9-13(10-16-11-14)15(19)18-7-5-4-6-8-18/h9-12,17H,3-8H2,1-2H3. The van der Waals surface area contributed by atoms with Gasteiger partial charge in [-0.25, -0.2) is 0 Å². The lowest BCUT2D eigenvalue weighted by Crippen LogP contribution is -2.35. The summed E-state index contributed by atoms with van der Waals surface area (Å²) in [5.41, 5.74) is 1.62. The predicted octanol–water partition coefficient (Wildman–Crippen LogP) is 2.92. The zero-order chi connectivity index (χ0) is 13.7. The number of anilines is 1. The highest BCUT2D eigenvalue weighted by Gasteiger charge is 2.18. The zero-order valence-electron chi connectivity index (χ0n) is 11.9. The number of amides is 1. The highest BCUT2D eigenvalue weighted by atomic mass is 16.2. The Hall–Kier alpha value is -1.58. The van der Waals surface area contributed by atoms with Crippen molar-refractivity contribution in [3.63, 3.8) is 0 Å². The minimum atomic E-state index is 0.111. The highest BCUT2D eigenvalue weighted by molar-refractivity contribution is 5.94. The summed E-state index contributed by atoms with van der Waals surface area (Å²) in [6.07, 6.45) is 7.95. The van der Waals surface area contributed by atoms with Crippen LogP contribution in [0.2, 0.25) is 0 Å². The molecule has 1 fully saturated rings. The number of nitrogens with one attached hydrogen (secondary N) is 1. The number of rotatable bonds is 4. The second-order valence-electron chi connectivity index (χ2n) is 5.27. The molecule has 19 heavy (non-hydrogen) atoms. The van der Waals surface area contributed by atoms with Crippen LogP contribution < -0.4 is 5.32 Å². The number of likely N-dealkylation sites (tertiary alicyclic amines) is 1. The summed E-state index contributed by atoms with van der Waals surface area (Å²) in [7, 11) is 0. The van der Waals surface area contributed by atoms with Crippen molar-refractivity contribution in [3.8, 4) is 0 Å². The molecule has 4 nitrogen and oxygen atoms in total. The van der Waals surface area contributed by atoms with E-state index in [0.717, 1.165) is 38.0 Å². The van der Waals surface area contributed by atoms with Gasteiger partial charge in [-0.05, 0) is 38.7 Å². The van der Waals surface area contributed by atoms with Crippen molar-refractivity contribution in [2.75, 3.05) is 18.4 Å². The van der Waals surface area contributed by atoms with Crippen LogP contribution in [0.25, 0.3) is 0 Å². The van der Waals surface area contributed by atoms with Crippen molar-refractivity contribution in [2.24, 2.45) is 0 Å². The van der Waals surface area contributed by atoms with Gasteiger partial charge in [0.05, 0.1) is 11.3 Å². The quantitative estimate of drug-likeness (QED) is 0.906. The van der Waals surface area contributed by atoms with E-state index in [2.05, 4.69) is 24.1 Å². The summed E-state index contributed by atoms with van der Waals surface area (Å²) in [5, 5.41) is 3.36. The number of pyridine rings is 1. The van der Waals surface area contributed by atoms with E-state index in [9.17, 15) is 4.79 Å². The highest BCUT2D eigenvalue weighted by Crippen LogP contribution is 2.16. The van der Waals surface area contributed by atoms with Crippen molar-refractivity contribution in [1.82, 2.24) is 9.88 Å². The first-order chi connectivity index (χ1) is 9.20. The van der Waals surface area contributed by atoms with Gasteiger partial charge in [-0.1, -0.05) is 6.92 Å². The molecule has 104 valence electrons. The van der Waals surface area contributed by atoms with E-state index in [0.29, 0.717) is 11.6 Å². The minimum Gasteiger partial charge on any atom is -0.381 e. The van der Waals surface area contributed by atoms with E-state index in [1.165, 1.54) is 6.42 Å². The van der Waals surface area contributed by atoms with Gasteiger partial charge in [-0.3, -0.25) is 9.78 Å². The van der Waals surface area contributed by atoms with E-state index in [-0.39, 0.29) is 5.91 Å². The first-order valence-electron chi connectivity index (χ1n) is 7.21. The van der Waals surface area contributed by atoms with E-state index in [1.54, 1.807) is 12.4 Å². The maximum atomic E-state index is 12.4. The molecule has 1 aromatic rings. The molecule has 1 N–H and O–H groups in total. The summed E-state index contributed by atoms with van der Waals surface area (Å²) in [6.45, 7) is 6.01. The molecule has 0 aromatic carbocycles. The maximum absolute atomic E-state index is 12.4. The molecule has 4 heteroatoms. The molecule has 1 amide bonds. The molecule has 1 aliphatic heterocycles. The minimum absolute atomic E-state index is 0.111. The molecule has 1 aliphatic rings. The Morgan fingerprint density at radius 1 is 1.37 bits per heavy atom. The lowest BCUT2D eigenvalue weighted by atomic mass is 10.1. The fraction of sp³-hybridized carbons (Fsp3) is 0.600. The van der Waals surface area contributed by atoms with Crippen molar-refractivity contribution in [1.29, 1.82) is 0 Å². The number of carbonyl (C=O) groups is 1. The topological polar surface area (TPSA) is 45.2 Å². The van der Waals surface area contributed by atoms with Gasteiger partial charge in [0, 0.05) is 31.5 Å².